The second-order valence-electron chi connectivity index (χ2n) is 9.31. The van der Waals surface area contributed by atoms with Crippen LogP contribution in [0, 0.1) is 12.8 Å². The maximum atomic E-state index is 12.6. The molecule has 1 fully saturated rings. The molecule has 168 valence electrons. The van der Waals surface area contributed by atoms with E-state index >= 15 is 0 Å². The first-order valence-corrected chi connectivity index (χ1v) is 12.3. The van der Waals surface area contributed by atoms with Crippen molar-refractivity contribution in [1.29, 1.82) is 0 Å². The maximum absolute atomic E-state index is 12.6. The number of primary amides is 1. The highest BCUT2D eigenvalue weighted by molar-refractivity contribution is 6.02. The Balaban J connectivity index is 1.78. The van der Waals surface area contributed by atoms with Crippen LogP contribution in [0.2, 0.25) is 0 Å². The predicted molar refractivity (Wildman–Crippen MR) is 134 cm³/mol. The van der Waals surface area contributed by atoms with Gasteiger partial charge in [-0.15, -0.1) is 0 Å². The molecule has 1 aromatic heterocycles. The number of benzene rings is 2. The van der Waals surface area contributed by atoms with E-state index < -0.39 is 0 Å². The largest absolute Gasteiger partial charge is 0.366 e. The first-order valence-electron chi connectivity index (χ1n) is 12.3. The molecule has 1 saturated carbocycles. The van der Waals surface area contributed by atoms with Gasteiger partial charge in [0.1, 0.15) is 0 Å². The molecule has 32 heavy (non-hydrogen) atoms. The zero-order chi connectivity index (χ0) is 22.5. The maximum Gasteiger partial charge on any atom is 0.251 e. The Morgan fingerprint density at radius 2 is 1.56 bits per heavy atom. The molecule has 3 aromatic rings. The van der Waals surface area contributed by atoms with Crippen molar-refractivity contribution >= 4 is 5.91 Å². The Labute approximate surface area is 192 Å². The fraction of sp³-hybridized carbons (Fsp3) is 0.414. The summed E-state index contributed by atoms with van der Waals surface area (Å²) in [5.41, 5.74) is 13.5. The van der Waals surface area contributed by atoms with E-state index in [-0.39, 0.29) is 5.91 Å². The smallest absolute Gasteiger partial charge is 0.251 e. The summed E-state index contributed by atoms with van der Waals surface area (Å²) in [4.78, 5) is 12.6. The van der Waals surface area contributed by atoms with Crippen molar-refractivity contribution in [3.05, 3.63) is 71.5 Å². The molecule has 1 heterocycles. The monoisotopic (exact) mass is 428 g/mol. The SMILES string of the molecule is CCCCc1c(-c2ccc(-c3ccccc3)cc2)c(C(N)=O)c(C)n1CC1CCCCC1. The van der Waals surface area contributed by atoms with E-state index in [0.717, 1.165) is 42.6 Å². The van der Waals surface area contributed by atoms with Crippen LogP contribution in [0.1, 0.15) is 73.6 Å². The summed E-state index contributed by atoms with van der Waals surface area (Å²) in [7, 11) is 0. The second kappa shape index (κ2) is 10.2. The molecule has 0 radical (unpaired) electrons. The van der Waals surface area contributed by atoms with Crippen molar-refractivity contribution in [3.63, 3.8) is 0 Å². The van der Waals surface area contributed by atoms with Crippen LogP contribution < -0.4 is 5.73 Å². The number of carbonyl (C=O) groups is 1. The highest BCUT2D eigenvalue weighted by Crippen LogP contribution is 2.37. The van der Waals surface area contributed by atoms with Gasteiger partial charge in [0.25, 0.3) is 5.91 Å². The van der Waals surface area contributed by atoms with E-state index in [1.165, 1.54) is 48.9 Å². The lowest BCUT2D eigenvalue weighted by atomic mass is 9.89. The van der Waals surface area contributed by atoms with E-state index in [2.05, 4.69) is 66.9 Å². The fourth-order valence-corrected chi connectivity index (χ4v) is 5.35. The minimum Gasteiger partial charge on any atom is -0.366 e. The lowest BCUT2D eigenvalue weighted by Gasteiger charge is -2.24. The Morgan fingerprint density at radius 3 is 2.19 bits per heavy atom. The molecule has 4 rings (SSSR count). The normalized spacial score (nSPS) is 14.6. The van der Waals surface area contributed by atoms with Gasteiger partial charge in [0, 0.05) is 23.5 Å². The number of aromatic nitrogens is 1. The summed E-state index contributed by atoms with van der Waals surface area (Å²) in [6.07, 6.45) is 9.81. The molecule has 0 bridgehead atoms. The van der Waals surface area contributed by atoms with Gasteiger partial charge in [-0.05, 0) is 55.2 Å². The minimum absolute atomic E-state index is 0.315. The summed E-state index contributed by atoms with van der Waals surface area (Å²) in [5, 5.41) is 0. The zero-order valence-corrected chi connectivity index (χ0v) is 19.6. The third kappa shape index (κ3) is 4.67. The molecule has 2 N–H and O–H groups in total. The average molecular weight is 429 g/mol. The second-order valence-corrected chi connectivity index (χ2v) is 9.31. The molecule has 0 spiro atoms. The summed E-state index contributed by atoms with van der Waals surface area (Å²) >= 11 is 0. The van der Waals surface area contributed by atoms with Gasteiger partial charge in [0.2, 0.25) is 0 Å². The summed E-state index contributed by atoms with van der Waals surface area (Å²) in [6.45, 7) is 5.32. The topological polar surface area (TPSA) is 48.0 Å². The van der Waals surface area contributed by atoms with Crippen molar-refractivity contribution in [3.8, 4) is 22.3 Å². The molecular formula is C29H36N2O. The minimum atomic E-state index is -0.315. The molecular weight excluding hydrogens is 392 g/mol. The molecule has 3 heteroatoms. The molecule has 0 atom stereocenters. The number of nitrogens with zero attached hydrogens (tertiary/aromatic N) is 1. The first kappa shape index (κ1) is 22.4. The predicted octanol–water partition coefficient (Wildman–Crippen LogP) is 7.15. The van der Waals surface area contributed by atoms with E-state index in [4.69, 9.17) is 5.73 Å². The highest BCUT2D eigenvalue weighted by Gasteiger charge is 2.26. The molecule has 0 saturated heterocycles. The van der Waals surface area contributed by atoms with Crippen molar-refractivity contribution < 1.29 is 4.79 Å². The standard InChI is InChI=1S/C29H36N2O/c1-3-4-15-26-28(25-18-16-24(17-19-25)23-13-9-6-10-14-23)27(29(30)32)21(2)31(26)20-22-11-7-5-8-12-22/h6,9-10,13-14,16-19,22H,3-5,7-8,11-12,15,20H2,1-2H3,(H2,30,32). The van der Waals surface area contributed by atoms with Crippen molar-refractivity contribution in [2.45, 2.75) is 71.8 Å². The van der Waals surface area contributed by atoms with Gasteiger partial charge in [-0.25, -0.2) is 0 Å². The summed E-state index contributed by atoms with van der Waals surface area (Å²) in [6, 6.07) is 19.0. The van der Waals surface area contributed by atoms with Gasteiger partial charge < -0.3 is 10.3 Å². The lowest BCUT2D eigenvalue weighted by Crippen LogP contribution is -2.18. The van der Waals surface area contributed by atoms with Gasteiger partial charge in [-0.3, -0.25) is 4.79 Å². The molecule has 3 nitrogen and oxygen atoms in total. The zero-order valence-electron chi connectivity index (χ0n) is 19.6. The fourth-order valence-electron chi connectivity index (χ4n) is 5.35. The van der Waals surface area contributed by atoms with Crippen LogP contribution in [-0.2, 0) is 13.0 Å². The Kier molecular flexibility index (Phi) is 7.14. The highest BCUT2D eigenvalue weighted by atomic mass is 16.1. The summed E-state index contributed by atoms with van der Waals surface area (Å²) in [5.74, 6) is 0.383. The number of hydrogen-bond donors (Lipinski definition) is 1. The Hall–Kier alpha value is -2.81. The van der Waals surface area contributed by atoms with Gasteiger partial charge in [-0.2, -0.15) is 0 Å². The number of nitrogens with two attached hydrogens (primary N) is 1. The molecule has 2 aromatic carbocycles. The van der Waals surface area contributed by atoms with Gasteiger partial charge in [0.15, 0.2) is 0 Å². The number of hydrogen-bond acceptors (Lipinski definition) is 1. The quantitative estimate of drug-likeness (QED) is 0.407. The van der Waals surface area contributed by atoms with Crippen LogP contribution in [0.4, 0.5) is 0 Å². The first-order chi connectivity index (χ1) is 15.6. The van der Waals surface area contributed by atoms with Crippen LogP contribution >= 0.6 is 0 Å². The van der Waals surface area contributed by atoms with Crippen LogP contribution in [0.15, 0.2) is 54.6 Å². The molecule has 1 aliphatic carbocycles. The average Bonchev–Trinajstić information content (AvgIpc) is 3.10. The van der Waals surface area contributed by atoms with E-state index in [1.807, 2.05) is 6.07 Å². The van der Waals surface area contributed by atoms with Crippen LogP contribution in [0.3, 0.4) is 0 Å². The van der Waals surface area contributed by atoms with Gasteiger partial charge >= 0.3 is 0 Å². The molecule has 1 amide bonds. The Bertz CT molecular complexity index is 1040. The van der Waals surface area contributed by atoms with Crippen molar-refractivity contribution in [2.24, 2.45) is 11.7 Å². The van der Waals surface area contributed by atoms with E-state index in [0.29, 0.717) is 11.5 Å². The molecule has 0 aliphatic heterocycles. The lowest BCUT2D eigenvalue weighted by molar-refractivity contribution is 0.1000. The van der Waals surface area contributed by atoms with Gasteiger partial charge in [0.05, 0.1) is 5.56 Å². The number of rotatable bonds is 8. The number of carbonyl (C=O) groups excluding carboxylic acids is 1. The third-order valence-corrected chi connectivity index (χ3v) is 7.09. The van der Waals surface area contributed by atoms with E-state index in [9.17, 15) is 4.79 Å². The van der Waals surface area contributed by atoms with E-state index in [1.54, 1.807) is 0 Å². The number of unbranched alkanes of at least 4 members (excludes halogenated alkanes) is 1. The molecule has 0 unspecified atom stereocenters. The van der Waals surface area contributed by atoms with Crippen molar-refractivity contribution in [1.82, 2.24) is 4.57 Å². The summed E-state index contributed by atoms with van der Waals surface area (Å²) < 4.78 is 2.44. The van der Waals surface area contributed by atoms with Crippen LogP contribution in [0.25, 0.3) is 22.3 Å². The molecule has 1 aliphatic rings. The number of amides is 1. The van der Waals surface area contributed by atoms with Gasteiger partial charge in [-0.1, -0.05) is 87.2 Å². The van der Waals surface area contributed by atoms with Crippen LogP contribution in [0.5, 0.6) is 0 Å². The van der Waals surface area contributed by atoms with Crippen molar-refractivity contribution in [2.75, 3.05) is 0 Å². The Morgan fingerprint density at radius 1 is 0.938 bits per heavy atom. The van der Waals surface area contributed by atoms with Crippen LogP contribution in [-0.4, -0.2) is 10.5 Å². The third-order valence-electron chi connectivity index (χ3n) is 7.09.